The summed E-state index contributed by atoms with van der Waals surface area (Å²) >= 11 is 8.27. The van der Waals surface area contributed by atoms with Gasteiger partial charge >= 0.3 is 0 Å². The van der Waals surface area contributed by atoms with Crippen LogP contribution in [0.1, 0.15) is 28.4 Å². The lowest BCUT2D eigenvalue weighted by atomic mass is 9.96. The maximum absolute atomic E-state index is 10.4. The molecule has 3 heteroatoms. The first-order valence-electron chi connectivity index (χ1n) is 5.69. The number of aliphatic hydroxyl groups is 1. The van der Waals surface area contributed by atoms with Gasteiger partial charge in [-0.3, -0.25) is 0 Å². The van der Waals surface area contributed by atoms with Gasteiger partial charge in [-0.25, -0.2) is 0 Å². The van der Waals surface area contributed by atoms with Gasteiger partial charge in [-0.15, -0.1) is 0 Å². The van der Waals surface area contributed by atoms with Gasteiger partial charge in [0.15, 0.2) is 0 Å². The monoisotopic (exact) mass is 372 g/mol. The van der Waals surface area contributed by atoms with Crippen LogP contribution in [-0.2, 0) is 0 Å². The third kappa shape index (κ3) is 2.87. The molecule has 0 spiro atoms. The van der Waals surface area contributed by atoms with E-state index in [0.717, 1.165) is 20.3 Å². The van der Waals surface area contributed by atoms with Crippen LogP contribution >= 0.6 is 34.2 Å². The van der Waals surface area contributed by atoms with Crippen LogP contribution in [0.2, 0.25) is 5.02 Å². The minimum Gasteiger partial charge on any atom is -0.384 e. The number of benzene rings is 2. The van der Waals surface area contributed by atoms with E-state index >= 15 is 0 Å². The van der Waals surface area contributed by atoms with Gasteiger partial charge in [0.25, 0.3) is 0 Å². The summed E-state index contributed by atoms with van der Waals surface area (Å²) < 4.78 is 0.992. The first kappa shape index (κ1) is 13.8. The van der Waals surface area contributed by atoms with E-state index in [9.17, 15) is 5.11 Å². The van der Waals surface area contributed by atoms with Crippen molar-refractivity contribution in [3.63, 3.8) is 0 Å². The van der Waals surface area contributed by atoms with Gasteiger partial charge < -0.3 is 5.11 Å². The van der Waals surface area contributed by atoms with Crippen molar-refractivity contribution in [3.05, 3.63) is 67.2 Å². The Labute approximate surface area is 126 Å². The highest BCUT2D eigenvalue weighted by Crippen LogP contribution is 2.29. The van der Waals surface area contributed by atoms with Crippen molar-refractivity contribution in [1.29, 1.82) is 0 Å². The third-order valence-electron chi connectivity index (χ3n) is 2.98. The number of halogens is 2. The minimum absolute atomic E-state index is 0.625. The van der Waals surface area contributed by atoms with E-state index < -0.39 is 6.10 Å². The minimum atomic E-state index is -0.625. The standard InChI is InChI=1S/C15H14ClIO/c1-9-3-5-12(10(2)7-9)15(18)11-4-6-14(17)13(16)8-11/h3-8,15,18H,1-2H3. The number of hydrogen-bond acceptors (Lipinski definition) is 1. The molecule has 0 aliphatic rings. The second kappa shape index (κ2) is 5.59. The molecule has 0 aliphatic carbocycles. The van der Waals surface area contributed by atoms with Crippen LogP contribution in [0, 0.1) is 17.4 Å². The number of hydrogen-bond donors (Lipinski definition) is 1. The van der Waals surface area contributed by atoms with E-state index in [-0.39, 0.29) is 0 Å². The summed E-state index contributed by atoms with van der Waals surface area (Å²) in [6.45, 7) is 4.06. The molecule has 0 fully saturated rings. The molecule has 1 atom stereocenters. The highest BCUT2D eigenvalue weighted by Gasteiger charge is 2.13. The topological polar surface area (TPSA) is 20.2 Å². The third-order valence-corrected chi connectivity index (χ3v) is 4.55. The highest BCUT2D eigenvalue weighted by molar-refractivity contribution is 14.1. The Morgan fingerprint density at radius 3 is 2.44 bits per heavy atom. The maximum Gasteiger partial charge on any atom is 0.104 e. The molecule has 2 aromatic rings. The Morgan fingerprint density at radius 2 is 1.83 bits per heavy atom. The number of aliphatic hydroxyl groups excluding tert-OH is 1. The SMILES string of the molecule is Cc1ccc(C(O)c2ccc(I)c(Cl)c2)c(C)c1. The Bertz CT molecular complexity index is 581. The number of aryl methyl sites for hydroxylation is 2. The van der Waals surface area contributed by atoms with Gasteiger partial charge in [0.1, 0.15) is 6.10 Å². The highest BCUT2D eigenvalue weighted by atomic mass is 127. The maximum atomic E-state index is 10.4. The Hall–Kier alpha value is -0.580. The average molecular weight is 373 g/mol. The van der Waals surface area contributed by atoms with E-state index in [0.29, 0.717) is 5.02 Å². The normalized spacial score (nSPS) is 12.5. The van der Waals surface area contributed by atoms with Crippen molar-refractivity contribution in [3.8, 4) is 0 Å². The lowest BCUT2D eigenvalue weighted by molar-refractivity contribution is 0.219. The van der Waals surface area contributed by atoms with E-state index in [4.69, 9.17) is 11.6 Å². The fourth-order valence-corrected chi connectivity index (χ4v) is 2.52. The Balaban J connectivity index is 2.41. The van der Waals surface area contributed by atoms with E-state index in [1.165, 1.54) is 5.56 Å². The summed E-state index contributed by atoms with van der Waals surface area (Å²) in [7, 11) is 0. The van der Waals surface area contributed by atoms with Crippen molar-refractivity contribution >= 4 is 34.2 Å². The molecule has 0 saturated heterocycles. The first-order chi connectivity index (χ1) is 8.49. The molecule has 0 heterocycles. The zero-order chi connectivity index (χ0) is 13.3. The molecule has 1 nitrogen and oxygen atoms in total. The van der Waals surface area contributed by atoms with Crippen LogP contribution in [-0.4, -0.2) is 5.11 Å². The van der Waals surface area contributed by atoms with E-state index in [1.807, 2.05) is 44.2 Å². The van der Waals surface area contributed by atoms with E-state index in [2.05, 4.69) is 28.7 Å². The van der Waals surface area contributed by atoms with Crippen LogP contribution in [0.25, 0.3) is 0 Å². The van der Waals surface area contributed by atoms with Gasteiger partial charge in [-0.05, 0) is 65.3 Å². The summed E-state index contributed by atoms with van der Waals surface area (Å²) in [6.07, 6.45) is -0.625. The van der Waals surface area contributed by atoms with Crippen LogP contribution in [0.15, 0.2) is 36.4 Å². The summed E-state index contributed by atoms with van der Waals surface area (Å²) in [5.74, 6) is 0. The average Bonchev–Trinajstić information content (AvgIpc) is 2.32. The molecular weight excluding hydrogens is 359 g/mol. The molecule has 0 saturated carbocycles. The molecule has 0 aliphatic heterocycles. The number of rotatable bonds is 2. The Morgan fingerprint density at radius 1 is 1.11 bits per heavy atom. The molecule has 0 bridgehead atoms. The van der Waals surface area contributed by atoms with Crippen molar-refractivity contribution < 1.29 is 5.11 Å². The predicted octanol–water partition coefficient (Wildman–Crippen LogP) is 4.64. The van der Waals surface area contributed by atoms with Crippen LogP contribution in [0.4, 0.5) is 0 Å². The van der Waals surface area contributed by atoms with Gasteiger partial charge in [-0.2, -0.15) is 0 Å². The fraction of sp³-hybridized carbons (Fsp3) is 0.200. The zero-order valence-electron chi connectivity index (χ0n) is 10.2. The smallest absolute Gasteiger partial charge is 0.104 e. The second-order valence-corrected chi connectivity index (χ2v) is 6.01. The van der Waals surface area contributed by atoms with Gasteiger partial charge in [0.2, 0.25) is 0 Å². The lowest BCUT2D eigenvalue weighted by Gasteiger charge is -2.15. The van der Waals surface area contributed by atoms with Crippen LogP contribution in [0.3, 0.4) is 0 Å². The summed E-state index contributed by atoms with van der Waals surface area (Å²) in [6, 6.07) is 11.7. The van der Waals surface area contributed by atoms with Crippen molar-refractivity contribution in [1.82, 2.24) is 0 Å². The zero-order valence-corrected chi connectivity index (χ0v) is 13.2. The molecule has 18 heavy (non-hydrogen) atoms. The van der Waals surface area contributed by atoms with Crippen LogP contribution < -0.4 is 0 Å². The molecule has 2 aromatic carbocycles. The van der Waals surface area contributed by atoms with Gasteiger partial charge in [-0.1, -0.05) is 41.4 Å². The van der Waals surface area contributed by atoms with E-state index in [1.54, 1.807) is 0 Å². The van der Waals surface area contributed by atoms with Crippen molar-refractivity contribution in [2.75, 3.05) is 0 Å². The predicted molar refractivity (Wildman–Crippen MR) is 84.1 cm³/mol. The molecule has 1 N–H and O–H groups in total. The molecule has 94 valence electrons. The molecule has 1 unspecified atom stereocenters. The first-order valence-corrected chi connectivity index (χ1v) is 7.15. The van der Waals surface area contributed by atoms with Crippen LogP contribution in [0.5, 0.6) is 0 Å². The van der Waals surface area contributed by atoms with Gasteiger partial charge in [0.05, 0.1) is 5.02 Å². The van der Waals surface area contributed by atoms with Crippen molar-refractivity contribution in [2.45, 2.75) is 20.0 Å². The largest absolute Gasteiger partial charge is 0.384 e. The molecule has 0 aromatic heterocycles. The molecule has 0 amide bonds. The molecule has 0 radical (unpaired) electrons. The van der Waals surface area contributed by atoms with Crippen molar-refractivity contribution in [2.24, 2.45) is 0 Å². The quantitative estimate of drug-likeness (QED) is 0.761. The van der Waals surface area contributed by atoms with Gasteiger partial charge in [0, 0.05) is 3.57 Å². The fourth-order valence-electron chi connectivity index (χ4n) is 1.99. The second-order valence-electron chi connectivity index (χ2n) is 4.44. The molecule has 2 rings (SSSR count). The summed E-state index contributed by atoms with van der Waals surface area (Å²) in [5.41, 5.74) is 4.05. The summed E-state index contributed by atoms with van der Waals surface area (Å²) in [4.78, 5) is 0. The summed E-state index contributed by atoms with van der Waals surface area (Å²) in [5, 5.41) is 11.1. The Kier molecular flexibility index (Phi) is 4.30. The lowest BCUT2D eigenvalue weighted by Crippen LogP contribution is -2.02. The molecular formula is C15H14ClIO.